The number of nitrogens with one attached hydrogen (secondary N) is 1. The molecule has 27 heavy (non-hydrogen) atoms. The molecule has 7 nitrogen and oxygen atoms in total. The predicted octanol–water partition coefficient (Wildman–Crippen LogP) is 2.95. The van der Waals surface area contributed by atoms with E-state index >= 15 is 0 Å². The van der Waals surface area contributed by atoms with Gasteiger partial charge in [0.05, 0.1) is 0 Å². The van der Waals surface area contributed by atoms with Gasteiger partial charge in [0, 0.05) is 50.5 Å². The van der Waals surface area contributed by atoms with E-state index in [1.54, 1.807) is 12.4 Å². The summed E-state index contributed by atoms with van der Waals surface area (Å²) in [6.07, 6.45) is 5.37. The van der Waals surface area contributed by atoms with Crippen molar-refractivity contribution in [1.82, 2.24) is 19.9 Å². The maximum Gasteiger partial charge on any atom is 0.227 e. The Hall–Kier alpha value is -3.22. The van der Waals surface area contributed by atoms with Crippen LogP contribution >= 0.6 is 0 Å². The molecular formula is C20H23N7. The summed E-state index contributed by atoms with van der Waals surface area (Å²) in [6, 6.07) is 10.0. The minimum atomic E-state index is 0.750. The van der Waals surface area contributed by atoms with Crippen molar-refractivity contribution < 1.29 is 0 Å². The van der Waals surface area contributed by atoms with Crippen LogP contribution in [-0.4, -0.2) is 46.1 Å². The molecule has 0 bridgehead atoms. The minimum absolute atomic E-state index is 0.750. The first-order valence-electron chi connectivity index (χ1n) is 9.14. The molecule has 1 aromatic carbocycles. The number of nitrogens with zero attached hydrogens (tertiary/aromatic N) is 6. The number of aromatic nitrogens is 4. The summed E-state index contributed by atoms with van der Waals surface area (Å²) in [5.41, 5.74) is 3.51. The van der Waals surface area contributed by atoms with E-state index in [0.717, 1.165) is 49.6 Å². The third-order valence-corrected chi connectivity index (χ3v) is 4.77. The fourth-order valence-electron chi connectivity index (χ4n) is 3.27. The molecule has 2 aromatic heterocycles. The Morgan fingerprint density at radius 3 is 2.00 bits per heavy atom. The van der Waals surface area contributed by atoms with Crippen LogP contribution in [-0.2, 0) is 0 Å². The number of rotatable bonds is 4. The number of benzene rings is 1. The van der Waals surface area contributed by atoms with E-state index in [1.807, 2.05) is 18.3 Å². The number of para-hydroxylation sites is 1. The van der Waals surface area contributed by atoms with Crippen LogP contribution in [0.15, 0.2) is 48.9 Å². The molecule has 138 valence electrons. The first-order chi connectivity index (χ1) is 13.2. The largest absolute Gasteiger partial charge is 0.340 e. The average molecular weight is 361 g/mol. The van der Waals surface area contributed by atoms with Crippen molar-refractivity contribution in [2.24, 2.45) is 0 Å². The first kappa shape index (κ1) is 17.2. The number of aryl methyl sites for hydroxylation is 2. The van der Waals surface area contributed by atoms with Gasteiger partial charge in [-0.3, -0.25) is 0 Å². The van der Waals surface area contributed by atoms with Crippen LogP contribution in [0.4, 0.5) is 23.4 Å². The molecule has 7 heteroatoms. The van der Waals surface area contributed by atoms with E-state index in [1.165, 1.54) is 11.1 Å². The highest BCUT2D eigenvalue weighted by atomic mass is 15.4. The van der Waals surface area contributed by atoms with E-state index in [9.17, 15) is 0 Å². The van der Waals surface area contributed by atoms with Crippen molar-refractivity contribution in [3.05, 3.63) is 60.0 Å². The van der Waals surface area contributed by atoms with Crippen LogP contribution in [0.2, 0.25) is 0 Å². The summed E-state index contributed by atoms with van der Waals surface area (Å²) in [4.78, 5) is 22.3. The monoisotopic (exact) mass is 361 g/mol. The van der Waals surface area contributed by atoms with Crippen molar-refractivity contribution in [2.45, 2.75) is 13.8 Å². The Kier molecular flexibility index (Phi) is 4.82. The third-order valence-electron chi connectivity index (χ3n) is 4.77. The van der Waals surface area contributed by atoms with Gasteiger partial charge in [-0.05, 0) is 37.1 Å². The van der Waals surface area contributed by atoms with Crippen LogP contribution in [0, 0.1) is 13.8 Å². The molecule has 1 fully saturated rings. The number of hydrogen-bond acceptors (Lipinski definition) is 7. The van der Waals surface area contributed by atoms with E-state index in [2.05, 4.69) is 62.1 Å². The van der Waals surface area contributed by atoms with Crippen LogP contribution in [0.5, 0.6) is 0 Å². The molecule has 1 aliphatic rings. The summed E-state index contributed by atoms with van der Waals surface area (Å²) in [6.45, 7) is 7.57. The lowest BCUT2D eigenvalue weighted by Crippen LogP contribution is -2.47. The summed E-state index contributed by atoms with van der Waals surface area (Å²) in [5, 5.41) is 3.45. The highest BCUT2D eigenvalue weighted by molar-refractivity contribution is 5.64. The Labute approximate surface area is 159 Å². The molecule has 0 spiro atoms. The standard InChI is InChI=1S/C20H23N7/c1-15-5-3-6-16(2)18(15)24-17-7-10-23-20(25-17)27-13-11-26(12-14-27)19-21-8-4-9-22-19/h3-10H,11-14H2,1-2H3,(H,23,24,25). The second kappa shape index (κ2) is 7.57. The van der Waals surface area contributed by atoms with Crippen molar-refractivity contribution in [2.75, 3.05) is 41.3 Å². The second-order valence-electron chi connectivity index (χ2n) is 6.66. The molecule has 3 aromatic rings. The average Bonchev–Trinajstić information content (AvgIpc) is 2.72. The van der Waals surface area contributed by atoms with Gasteiger partial charge >= 0.3 is 0 Å². The van der Waals surface area contributed by atoms with Crippen LogP contribution in [0.1, 0.15) is 11.1 Å². The lowest BCUT2D eigenvalue weighted by molar-refractivity contribution is 0.628. The summed E-state index contributed by atoms with van der Waals surface area (Å²) in [5.74, 6) is 2.34. The lowest BCUT2D eigenvalue weighted by atomic mass is 10.1. The van der Waals surface area contributed by atoms with Crippen molar-refractivity contribution in [1.29, 1.82) is 0 Å². The number of anilines is 4. The molecule has 0 atom stereocenters. The zero-order valence-electron chi connectivity index (χ0n) is 15.6. The molecule has 1 saturated heterocycles. The van der Waals surface area contributed by atoms with Gasteiger partial charge < -0.3 is 15.1 Å². The van der Waals surface area contributed by atoms with E-state index in [4.69, 9.17) is 4.98 Å². The van der Waals surface area contributed by atoms with Crippen LogP contribution in [0.3, 0.4) is 0 Å². The maximum absolute atomic E-state index is 4.73. The van der Waals surface area contributed by atoms with Crippen molar-refractivity contribution in [3.63, 3.8) is 0 Å². The number of hydrogen-bond donors (Lipinski definition) is 1. The van der Waals surface area contributed by atoms with Crippen LogP contribution < -0.4 is 15.1 Å². The van der Waals surface area contributed by atoms with Gasteiger partial charge in [0.25, 0.3) is 0 Å². The van der Waals surface area contributed by atoms with E-state index < -0.39 is 0 Å². The maximum atomic E-state index is 4.73. The molecule has 1 N–H and O–H groups in total. The van der Waals surface area contributed by atoms with Crippen molar-refractivity contribution in [3.8, 4) is 0 Å². The molecular weight excluding hydrogens is 338 g/mol. The molecule has 0 unspecified atom stereocenters. The number of piperazine rings is 1. The molecule has 0 saturated carbocycles. The van der Waals surface area contributed by atoms with Gasteiger partial charge in [0.15, 0.2) is 0 Å². The van der Waals surface area contributed by atoms with Gasteiger partial charge in [-0.1, -0.05) is 18.2 Å². The minimum Gasteiger partial charge on any atom is -0.340 e. The Morgan fingerprint density at radius 1 is 0.741 bits per heavy atom. The second-order valence-corrected chi connectivity index (χ2v) is 6.66. The molecule has 0 aliphatic carbocycles. The predicted molar refractivity (Wildman–Crippen MR) is 108 cm³/mol. The molecule has 0 amide bonds. The SMILES string of the molecule is Cc1cccc(C)c1Nc1ccnc(N2CCN(c3ncccn3)CC2)n1. The summed E-state index contributed by atoms with van der Waals surface area (Å²) < 4.78 is 0. The Morgan fingerprint density at radius 2 is 1.33 bits per heavy atom. The van der Waals surface area contributed by atoms with Gasteiger partial charge in [-0.2, -0.15) is 4.98 Å². The smallest absolute Gasteiger partial charge is 0.227 e. The highest BCUT2D eigenvalue weighted by Crippen LogP contribution is 2.24. The highest BCUT2D eigenvalue weighted by Gasteiger charge is 2.20. The Balaban J connectivity index is 1.46. The van der Waals surface area contributed by atoms with Gasteiger partial charge in [0.1, 0.15) is 5.82 Å². The molecule has 4 rings (SSSR count). The molecule has 1 aliphatic heterocycles. The normalized spacial score (nSPS) is 14.3. The van der Waals surface area contributed by atoms with Crippen molar-refractivity contribution >= 4 is 23.4 Å². The van der Waals surface area contributed by atoms with E-state index in [0.29, 0.717) is 0 Å². The zero-order valence-corrected chi connectivity index (χ0v) is 15.6. The molecule has 0 radical (unpaired) electrons. The van der Waals surface area contributed by atoms with Crippen LogP contribution in [0.25, 0.3) is 0 Å². The topological polar surface area (TPSA) is 70.1 Å². The fourth-order valence-corrected chi connectivity index (χ4v) is 3.27. The zero-order chi connectivity index (χ0) is 18.6. The van der Waals surface area contributed by atoms with Gasteiger partial charge in [-0.25, -0.2) is 15.0 Å². The third kappa shape index (κ3) is 3.81. The molecule has 3 heterocycles. The first-order valence-corrected chi connectivity index (χ1v) is 9.14. The lowest BCUT2D eigenvalue weighted by Gasteiger charge is -2.34. The quantitative estimate of drug-likeness (QED) is 0.766. The fraction of sp³-hybridized carbons (Fsp3) is 0.300. The van der Waals surface area contributed by atoms with Gasteiger partial charge in [-0.15, -0.1) is 0 Å². The summed E-state index contributed by atoms with van der Waals surface area (Å²) >= 11 is 0. The van der Waals surface area contributed by atoms with Gasteiger partial charge in [0.2, 0.25) is 11.9 Å². The summed E-state index contributed by atoms with van der Waals surface area (Å²) in [7, 11) is 0. The Bertz CT molecular complexity index is 885. The van der Waals surface area contributed by atoms with E-state index in [-0.39, 0.29) is 0 Å².